The Morgan fingerprint density at radius 3 is 2.13 bits per heavy atom. The summed E-state index contributed by atoms with van der Waals surface area (Å²) in [5, 5.41) is 9.91. The van der Waals surface area contributed by atoms with Crippen LogP contribution in [0.1, 0.15) is 42.3 Å². The average Bonchev–Trinajstić information content (AvgIpc) is 2.71. The predicted molar refractivity (Wildman–Crippen MR) is 112 cm³/mol. The summed E-state index contributed by atoms with van der Waals surface area (Å²) < 4.78 is 38.1. The number of aromatic amines is 2. The molecule has 2 aromatic carbocycles. The Morgan fingerprint density at radius 1 is 0.839 bits per heavy atom. The summed E-state index contributed by atoms with van der Waals surface area (Å²) in [4.78, 5) is 16.5. The van der Waals surface area contributed by atoms with E-state index < -0.39 is 17.7 Å². The van der Waals surface area contributed by atoms with E-state index in [0.717, 1.165) is 18.3 Å². The number of aromatic nitrogens is 2. The Balaban J connectivity index is 0.000000179. The van der Waals surface area contributed by atoms with E-state index in [4.69, 9.17) is 5.11 Å². The summed E-state index contributed by atoms with van der Waals surface area (Å²) in [6, 6.07) is 15.3. The molecule has 4 nitrogen and oxygen atoms in total. The molecule has 0 aliphatic rings. The molecule has 0 radical (unpaired) electrons. The number of para-hydroxylation sites is 1. The molecule has 0 bridgehead atoms. The normalized spacial score (nSPS) is 11.8. The van der Waals surface area contributed by atoms with Crippen LogP contribution in [0.4, 0.5) is 13.2 Å². The minimum absolute atomic E-state index is 0.153. The van der Waals surface area contributed by atoms with E-state index in [-0.39, 0.29) is 21.9 Å². The van der Waals surface area contributed by atoms with E-state index in [1.165, 1.54) is 28.6 Å². The Kier molecular flexibility index (Phi) is 5.97. The maximum Gasteiger partial charge on any atom is 0.417 e. The van der Waals surface area contributed by atoms with Gasteiger partial charge in [0.25, 0.3) is 0 Å². The number of aromatic carboxylic acids is 1. The van der Waals surface area contributed by atoms with E-state index in [0.29, 0.717) is 0 Å². The first kappa shape index (κ1) is 22.2. The van der Waals surface area contributed by atoms with Gasteiger partial charge in [0.05, 0.1) is 10.9 Å². The number of carbonyl (C=O) groups is 1. The van der Waals surface area contributed by atoms with Crippen molar-refractivity contribution in [2.75, 3.05) is 0 Å². The van der Waals surface area contributed by atoms with Crippen LogP contribution >= 0.6 is 0 Å². The van der Waals surface area contributed by atoms with Gasteiger partial charge in [-0.2, -0.15) is 13.2 Å². The van der Waals surface area contributed by atoms with Crippen molar-refractivity contribution < 1.29 is 33.0 Å². The number of fused-ring (bicyclic) bond motifs is 2. The van der Waals surface area contributed by atoms with Crippen molar-refractivity contribution in [3.63, 3.8) is 0 Å². The van der Waals surface area contributed by atoms with Gasteiger partial charge in [-0.05, 0) is 29.2 Å². The van der Waals surface area contributed by atoms with Crippen LogP contribution in [0.25, 0.3) is 21.8 Å². The van der Waals surface area contributed by atoms with Gasteiger partial charge in [-0.1, -0.05) is 39.0 Å². The highest BCUT2D eigenvalue weighted by Crippen LogP contribution is 2.33. The van der Waals surface area contributed by atoms with Gasteiger partial charge >= 0.3 is 12.1 Å². The fourth-order valence-corrected chi connectivity index (χ4v) is 3.37. The van der Waals surface area contributed by atoms with Crippen molar-refractivity contribution >= 4 is 27.8 Å². The summed E-state index contributed by atoms with van der Waals surface area (Å²) in [5.41, 5.74) is 1.98. The summed E-state index contributed by atoms with van der Waals surface area (Å²) in [6.45, 7) is 6.73. The van der Waals surface area contributed by atoms with Crippen molar-refractivity contribution in [1.82, 2.24) is 0 Å². The lowest BCUT2D eigenvalue weighted by molar-refractivity contribution is -0.345. The molecule has 0 amide bonds. The standard InChI is InChI=1S/C13H15N.C11H6F3NO2/c1-13(2,3)11-8-9-14-12-7-5-4-6-10(11)12;12-11(13,14)8-2-1-3-9-7(8)4-6(5-15-9)10(16)17/h4-9H,1-3H3;1-5H,(H,16,17)/p+2. The molecular formula is C24H23F3N2O2+2. The molecule has 0 aliphatic heterocycles. The topological polar surface area (TPSA) is 65.6 Å². The van der Waals surface area contributed by atoms with Gasteiger partial charge < -0.3 is 5.11 Å². The van der Waals surface area contributed by atoms with Gasteiger partial charge in [0.15, 0.2) is 12.4 Å². The number of rotatable bonds is 1. The van der Waals surface area contributed by atoms with E-state index in [1.54, 1.807) is 0 Å². The molecule has 4 rings (SSSR count). The first-order valence-electron chi connectivity index (χ1n) is 9.63. The lowest BCUT2D eigenvalue weighted by Crippen LogP contribution is -2.14. The van der Waals surface area contributed by atoms with Crippen molar-refractivity contribution in [1.29, 1.82) is 0 Å². The van der Waals surface area contributed by atoms with Gasteiger partial charge in [-0.3, -0.25) is 0 Å². The Hall–Kier alpha value is -3.48. The van der Waals surface area contributed by atoms with E-state index in [1.807, 2.05) is 6.20 Å². The SMILES string of the molecule is CC(C)(C)c1cc[nH+]c2ccccc12.O=C(O)c1c[nH+]c2cccc(C(F)(F)F)c2c1. The van der Waals surface area contributed by atoms with Crippen LogP contribution in [-0.4, -0.2) is 11.1 Å². The van der Waals surface area contributed by atoms with Crippen LogP contribution < -0.4 is 9.97 Å². The summed E-state index contributed by atoms with van der Waals surface area (Å²) in [6.07, 6.45) is -1.34. The molecule has 0 atom stereocenters. The number of hydrogen-bond acceptors (Lipinski definition) is 1. The number of nitrogens with one attached hydrogen (secondary N) is 2. The Labute approximate surface area is 177 Å². The van der Waals surface area contributed by atoms with Crippen LogP contribution in [0.15, 0.2) is 67.0 Å². The number of hydrogen-bond donors (Lipinski definition) is 1. The first-order valence-corrected chi connectivity index (χ1v) is 9.63. The van der Waals surface area contributed by atoms with Gasteiger partial charge in [0.1, 0.15) is 5.56 Å². The third-order valence-corrected chi connectivity index (χ3v) is 4.86. The second-order valence-corrected chi connectivity index (χ2v) is 8.15. The van der Waals surface area contributed by atoms with Crippen LogP contribution in [0.5, 0.6) is 0 Å². The number of carboxylic acids is 1. The fourth-order valence-electron chi connectivity index (χ4n) is 3.37. The summed E-state index contributed by atoms with van der Waals surface area (Å²) in [7, 11) is 0. The molecule has 0 unspecified atom stereocenters. The molecule has 0 fully saturated rings. The maximum absolute atomic E-state index is 12.7. The van der Waals surface area contributed by atoms with E-state index in [9.17, 15) is 18.0 Å². The number of alkyl halides is 3. The highest BCUT2D eigenvalue weighted by molar-refractivity contribution is 5.92. The maximum atomic E-state index is 12.7. The van der Waals surface area contributed by atoms with Crippen LogP contribution in [-0.2, 0) is 11.6 Å². The number of pyridine rings is 2. The molecule has 31 heavy (non-hydrogen) atoms. The zero-order valence-electron chi connectivity index (χ0n) is 17.3. The zero-order chi connectivity index (χ0) is 22.8. The van der Waals surface area contributed by atoms with Crippen LogP contribution in [0.3, 0.4) is 0 Å². The van der Waals surface area contributed by atoms with Crippen molar-refractivity contribution in [3.05, 3.63) is 83.7 Å². The molecule has 4 aromatic rings. The Morgan fingerprint density at radius 2 is 1.48 bits per heavy atom. The molecule has 2 heterocycles. The van der Waals surface area contributed by atoms with Gasteiger partial charge in [0.2, 0.25) is 11.0 Å². The van der Waals surface area contributed by atoms with E-state index >= 15 is 0 Å². The third-order valence-electron chi connectivity index (χ3n) is 4.86. The number of carboxylic acid groups (broad SMARTS) is 1. The zero-order valence-corrected chi connectivity index (χ0v) is 17.3. The predicted octanol–water partition coefficient (Wildman–Crippen LogP) is 5.32. The molecule has 0 aliphatic carbocycles. The molecule has 3 N–H and O–H groups in total. The molecule has 0 saturated heterocycles. The molecule has 0 spiro atoms. The second kappa shape index (κ2) is 8.34. The largest absolute Gasteiger partial charge is 0.477 e. The second-order valence-electron chi connectivity index (χ2n) is 8.15. The van der Waals surface area contributed by atoms with Crippen molar-refractivity contribution in [3.8, 4) is 0 Å². The van der Waals surface area contributed by atoms with E-state index in [2.05, 4.69) is 61.1 Å². The van der Waals surface area contributed by atoms with Crippen LogP contribution in [0.2, 0.25) is 0 Å². The lowest BCUT2D eigenvalue weighted by atomic mass is 9.85. The molecule has 2 aromatic heterocycles. The smallest absolute Gasteiger partial charge is 0.417 e. The van der Waals surface area contributed by atoms with Crippen molar-refractivity contribution in [2.24, 2.45) is 0 Å². The molecule has 7 heteroatoms. The number of halogens is 3. The molecule has 160 valence electrons. The van der Waals surface area contributed by atoms with Crippen LogP contribution in [0, 0.1) is 0 Å². The molecule has 0 saturated carbocycles. The Bertz CT molecular complexity index is 1240. The van der Waals surface area contributed by atoms with Gasteiger partial charge in [-0.15, -0.1) is 0 Å². The minimum Gasteiger partial charge on any atom is -0.477 e. The summed E-state index contributed by atoms with van der Waals surface area (Å²) in [5.74, 6) is -1.28. The number of H-pyrrole nitrogens is 2. The quantitative estimate of drug-likeness (QED) is 0.446. The monoisotopic (exact) mass is 428 g/mol. The first-order chi connectivity index (χ1) is 14.5. The fraction of sp³-hybridized carbons (Fsp3) is 0.208. The minimum atomic E-state index is -4.51. The molecular weight excluding hydrogens is 405 g/mol. The summed E-state index contributed by atoms with van der Waals surface area (Å²) >= 11 is 0. The third kappa shape index (κ3) is 4.99. The highest BCUT2D eigenvalue weighted by Gasteiger charge is 2.33. The van der Waals surface area contributed by atoms with Crippen molar-refractivity contribution in [2.45, 2.75) is 32.4 Å². The highest BCUT2D eigenvalue weighted by atomic mass is 19.4. The lowest BCUT2D eigenvalue weighted by Gasteiger charge is -2.19. The van der Waals surface area contributed by atoms with Gasteiger partial charge in [-0.25, -0.2) is 14.8 Å². The number of benzene rings is 2. The van der Waals surface area contributed by atoms with Gasteiger partial charge in [0, 0.05) is 23.6 Å². The average molecular weight is 428 g/mol.